The van der Waals surface area contributed by atoms with E-state index in [9.17, 15) is 5.26 Å². The van der Waals surface area contributed by atoms with Gasteiger partial charge in [0.25, 0.3) is 0 Å². The lowest BCUT2D eigenvalue weighted by Gasteiger charge is -2.24. The molecule has 2 saturated carbocycles. The van der Waals surface area contributed by atoms with Crippen LogP contribution in [0.1, 0.15) is 50.4 Å². The smallest absolute Gasteiger partial charge is 0.203 e. The zero-order valence-electron chi connectivity index (χ0n) is 14.8. The summed E-state index contributed by atoms with van der Waals surface area (Å²) in [5.41, 5.74) is 1.84. The minimum absolute atomic E-state index is 0.150. The second-order valence-electron chi connectivity index (χ2n) is 8.07. The minimum atomic E-state index is 0.150. The van der Waals surface area contributed by atoms with Crippen molar-refractivity contribution >= 4 is 5.65 Å². The largest absolute Gasteiger partial charge is 0.452 e. The molecule has 3 aromatic rings. The normalized spacial score (nSPS) is 26.9. The molecule has 2 aliphatic carbocycles. The molecular weight excluding hydrogens is 324 g/mol. The first-order valence-corrected chi connectivity index (χ1v) is 9.14. The number of nitrogens with zero attached hydrogens (tertiary/aromatic N) is 4. The monoisotopic (exact) mass is 344 g/mol. The number of para-hydroxylation sites is 1. The van der Waals surface area contributed by atoms with Gasteiger partial charge in [-0.2, -0.15) is 5.26 Å². The first kappa shape index (κ1) is 15.4. The van der Waals surface area contributed by atoms with E-state index in [2.05, 4.69) is 27.6 Å². The molecule has 5 heteroatoms. The average molecular weight is 344 g/mol. The Morgan fingerprint density at radius 3 is 2.54 bits per heavy atom. The molecule has 0 N–H and O–H groups in total. The zero-order chi connectivity index (χ0) is 17.8. The third-order valence-corrected chi connectivity index (χ3v) is 6.28. The molecule has 130 valence electrons. The lowest BCUT2D eigenvalue weighted by molar-refractivity contribution is 0.325. The zero-order valence-corrected chi connectivity index (χ0v) is 14.8. The molecule has 2 aromatic heterocycles. The van der Waals surface area contributed by atoms with Crippen LogP contribution in [0.3, 0.4) is 0 Å². The van der Waals surface area contributed by atoms with Crippen LogP contribution in [-0.4, -0.2) is 14.6 Å². The molecule has 26 heavy (non-hydrogen) atoms. The van der Waals surface area contributed by atoms with Crippen molar-refractivity contribution in [3.8, 4) is 17.6 Å². The lowest BCUT2D eigenvalue weighted by Crippen LogP contribution is -2.23. The van der Waals surface area contributed by atoms with Gasteiger partial charge in [0, 0.05) is 11.6 Å². The highest BCUT2D eigenvalue weighted by Gasteiger charge is 2.54. The second kappa shape index (κ2) is 5.31. The Kier molecular flexibility index (Phi) is 3.14. The predicted molar refractivity (Wildman–Crippen MR) is 97.1 cm³/mol. The molecule has 5 nitrogen and oxygen atoms in total. The highest BCUT2D eigenvalue weighted by atomic mass is 16.5. The third-order valence-electron chi connectivity index (χ3n) is 6.28. The van der Waals surface area contributed by atoms with E-state index in [1.54, 1.807) is 12.1 Å². The van der Waals surface area contributed by atoms with Gasteiger partial charge in [0.2, 0.25) is 5.65 Å². The third kappa shape index (κ3) is 2.15. The number of hydrogen-bond acceptors (Lipinski definition) is 4. The fourth-order valence-electron chi connectivity index (χ4n) is 4.90. The van der Waals surface area contributed by atoms with Crippen molar-refractivity contribution in [2.75, 3.05) is 0 Å². The van der Waals surface area contributed by atoms with Crippen LogP contribution in [0, 0.1) is 16.7 Å². The molecule has 2 aliphatic rings. The fourth-order valence-corrected chi connectivity index (χ4v) is 4.90. The summed E-state index contributed by atoms with van der Waals surface area (Å²) < 4.78 is 8.13. The molecule has 0 atom stereocenters. The summed E-state index contributed by atoms with van der Waals surface area (Å²) in [6.45, 7) is 2.40. The number of rotatable bonds is 3. The van der Waals surface area contributed by atoms with Crippen LogP contribution in [0.4, 0.5) is 0 Å². The topological polar surface area (TPSA) is 63.2 Å². The lowest BCUT2D eigenvalue weighted by atomic mass is 9.82. The summed E-state index contributed by atoms with van der Waals surface area (Å²) in [5.74, 6) is 2.23. The second-order valence-corrected chi connectivity index (χ2v) is 8.07. The Morgan fingerprint density at radius 2 is 1.81 bits per heavy atom. The van der Waals surface area contributed by atoms with Gasteiger partial charge in [0.1, 0.15) is 17.6 Å². The number of nitriles is 1. The standard InChI is InChI=1S/C21H20N4O/c1-20-8-10-21(14-20,11-9-20)19-24-23-18-17(7-4-12-25(18)19)26-16-6-3-2-5-15(16)13-22/h2-7,12H,8-11,14H2,1H3. The van der Waals surface area contributed by atoms with E-state index < -0.39 is 0 Å². The Bertz CT molecular complexity index is 1040. The molecule has 0 aliphatic heterocycles. The summed E-state index contributed by atoms with van der Waals surface area (Å²) >= 11 is 0. The van der Waals surface area contributed by atoms with Crippen LogP contribution in [0.5, 0.6) is 11.5 Å². The molecular formula is C21H20N4O. The van der Waals surface area contributed by atoms with E-state index in [1.165, 1.54) is 32.1 Å². The van der Waals surface area contributed by atoms with Crippen molar-refractivity contribution in [1.82, 2.24) is 14.6 Å². The van der Waals surface area contributed by atoms with E-state index in [-0.39, 0.29) is 5.41 Å². The van der Waals surface area contributed by atoms with Crippen LogP contribution in [0.25, 0.3) is 5.65 Å². The summed E-state index contributed by atoms with van der Waals surface area (Å²) in [5, 5.41) is 18.3. The number of aromatic nitrogens is 3. The summed E-state index contributed by atoms with van der Waals surface area (Å²) in [4.78, 5) is 0. The fraction of sp³-hybridized carbons (Fsp3) is 0.381. The average Bonchev–Trinajstić information content (AvgIpc) is 3.33. The highest BCUT2D eigenvalue weighted by molar-refractivity contribution is 5.57. The molecule has 0 amide bonds. The van der Waals surface area contributed by atoms with E-state index in [0.29, 0.717) is 28.1 Å². The summed E-state index contributed by atoms with van der Waals surface area (Å²) in [6.07, 6.45) is 8.14. The molecule has 2 fully saturated rings. The Morgan fingerprint density at radius 1 is 1.04 bits per heavy atom. The quantitative estimate of drug-likeness (QED) is 0.696. The maximum atomic E-state index is 9.29. The molecule has 0 unspecified atom stereocenters. The van der Waals surface area contributed by atoms with Gasteiger partial charge < -0.3 is 4.74 Å². The van der Waals surface area contributed by atoms with Gasteiger partial charge in [-0.1, -0.05) is 19.1 Å². The Balaban J connectivity index is 1.58. The van der Waals surface area contributed by atoms with Gasteiger partial charge in [0.15, 0.2) is 5.75 Å². The van der Waals surface area contributed by atoms with Crippen LogP contribution in [0.15, 0.2) is 42.6 Å². The van der Waals surface area contributed by atoms with Crippen molar-refractivity contribution in [2.45, 2.75) is 44.4 Å². The molecule has 2 heterocycles. The van der Waals surface area contributed by atoms with E-state index in [4.69, 9.17) is 4.74 Å². The van der Waals surface area contributed by atoms with Crippen molar-refractivity contribution in [3.05, 3.63) is 54.0 Å². The molecule has 0 spiro atoms. The van der Waals surface area contributed by atoms with Crippen LogP contribution in [-0.2, 0) is 5.41 Å². The van der Waals surface area contributed by atoms with Crippen LogP contribution in [0.2, 0.25) is 0 Å². The molecule has 5 rings (SSSR count). The molecule has 2 bridgehead atoms. The molecule has 0 saturated heterocycles. The van der Waals surface area contributed by atoms with Gasteiger partial charge in [-0.3, -0.25) is 4.40 Å². The van der Waals surface area contributed by atoms with Gasteiger partial charge in [-0.05, 0) is 61.8 Å². The first-order valence-electron chi connectivity index (χ1n) is 9.14. The van der Waals surface area contributed by atoms with E-state index in [1.807, 2.05) is 30.5 Å². The minimum Gasteiger partial charge on any atom is -0.452 e. The number of benzene rings is 1. The predicted octanol–water partition coefficient (Wildman–Crippen LogP) is 4.62. The molecule has 0 radical (unpaired) electrons. The highest BCUT2D eigenvalue weighted by Crippen LogP contribution is 2.61. The Hall–Kier alpha value is -2.87. The number of ether oxygens (including phenoxy) is 1. The van der Waals surface area contributed by atoms with Gasteiger partial charge in [-0.25, -0.2) is 0 Å². The maximum absolute atomic E-state index is 9.29. The van der Waals surface area contributed by atoms with Crippen molar-refractivity contribution in [3.63, 3.8) is 0 Å². The molecule has 1 aromatic carbocycles. The van der Waals surface area contributed by atoms with Crippen LogP contribution < -0.4 is 4.74 Å². The Labute approximate surface area is 152 Å². The van der Waals surface area contributed by atoms with Crippen molar-refractivity contribution in [1.29, 1.82) is 5.26 Å². The van der Waals surface area contributed by atoms with E-state index in [0.717, 1.165) is 5.82 Å². The summed E-state index contributed by atoms with van der Waals surface area (Å²) in [6, 6.07) is 13.3. The number of pyridine rings is 1. The van der Waals surface area contributed by atoms with Crippen molar-refractivity contribution in [2.24, 2.45) is 5.41 Å². The maximum Gasteiger partial charge on any atom is 0.203 e. The van der Waals surface area contributed by atoms with E-state index >= 15 is 0 Å². The van der Waals surface area contributed by atoms with Gasteiger partial charge >= 0.3 is 0 Å². The van der Waals surface area contributed by atoms with Crippen molar-refractivity contribution < 1.29 is 4.74 Å². The number of hydrogen-bond donors (Lipinski definition) is 0. The van der Waals surface area contributed by atoms with Gasteiger partial charge in [0.05, 0.1) is 5.56 Å². The number of fused-ring (bicyclic) bond motifs is 3. The van der Waals surface area contributed by atoms with Crippen LogP contribution >= 0.6 is 0 Å². The summed E-state index contributed by atoms with van der Waals surface area (Å²) in [7, 11) is 0. The SMILES string of the molecule is CC12CCC(c3nnc4c(Oc5ccccc5C#N)cccn34)(CC1)C2. The van der Waals surface area contributed by atoms with Gasteiger partial charge in [-0.15, -0.1) is 10.2 Å². The first-order chi connectivity index (χ1) is 12.6.